The monoisotopic (exact) mass is 332 g/mol. The molecule has 0 bridgehead atoms. The summed E-state index contributed by atoms with van der Waals surface area (Å²) in [5, 5.41) is 6.02. The summed E-state index contributed by atoms with van der Waals surface area (Å²) in [5.41, 5.74) is 3.97. The standard InChI is InChI=1S/C16H17BrN2O/c1-11-7-13(17)9-14(8-11)18-10-16(20)19-15-6-4-3-5-12(15)2/h3-9,18H,10H2,1-2H3,(H,19,20). The zero-order valence-corrected chi connectivity index (χ0v) is 13.1. The maximum atomic E-state index is 11.9. The molecule has 0 aliphatic heterocycles. The predicted molar refractivity (Wildman–Crippen MR) is 87.2 cm³/mol. The van der Waals surface area contributed by atoms with Gasteiger partial charge in [0.25, 0.3) is 0 Å². The minimum Gasteiger partial charge on any atom is -0.376 e. The van der Waals surface area contributed by atoms with Gasteiger partial charge in [-0.3, -0.25) is 4.79 Å². The fourth-order valence-corrected chi connectivity index (χ4v) is 2.54. The van der Waals surface area contributed by atoms with E-state index < -0.39 is 0 Å². The number of para-hydroxylation sites is 1. The molecular formula is C16H17BrN2O. The summed E-state index contributed by atoms with van der Waals surface area (Å²) in [4.78, 5) is 11.9. The number of anilines is 2. The summed E-state index contributed by atoms with van der Waals surface area (Å²) >= 11 is 3.44. The van der Waals surface area contributed by atoms with Crippen LogP contribution in [0.5, 0.6) is 0 Å². The lowest BCUT2D eigenvalue weighted by Gasteiger charge is -2.10. The third-order valence-corrected chi connectivity index (χ3v) is 3.37. The second-order valence-electron chi connectivity index (χ2n) is 4.73. The molecule has 0 unspecified atom stereocenters. The summed E-state index contributed by atoms with van der Waals surface area (Å²) < 4.78 is 0.999. The summed E-state index contributed by atoms with van der Waals surface area (Å²) in [6.07, 6.45) is 0. The largest absolute Gasteiger partial charge is 0.376 e. The Balaban J connectivity index is 1.94. The van der Waals surface area contributed by atoms with Crippen molar-refractivity contribution in [2.75, 3.05) is 17.2 Å². The summed E-state index contributed by atoms with van der Waals surface area (Å²) in [6, 6.07) is 13.7. The average Bonchev–Trinajstić information content (AvgIpc) is 2.38. The molecule has 2 rings (SSSR count). The Bertz CT molecular complexity index is 605. The van der Waals surface area contributed by atoms with E-state index in [0.29, 0.717) is 0 Å². The van der Waals surface area contributed by atoms with Crippen molar-refractivity contribution in [1.29, 1.82) is 0 Å². The smallest absolute Gasteiger partial charge is 0.243 e. The van der Waals surface area contributed by atoms with Gasteiger partial charge in [0.1, 0.15) is 0 Å². The summed E-state index contributed by atoms with van der Waals surface area (Å²) in [7, 11) is 0. The van der Waals surface area contributed by atoms with Gasteiger partial charge in [-0.15, -0.1) is 0 Å². The van der Waals surface area contributed by atoms with Crippen LogP contribution in [0.3, 0.4) is 0 Å². The van der Waals surface area contributed by atoms with Crippen LogP contribution < -0.4 is 10.6 Å². The molecule has 2 N–H and O–H groups in total. The first kappa shape index (κ1) is 14.6. The second-order valence-corrected chi connectivity index (χ2v) is 5.65. The second kappa shape index (κ2) is 6.57. The number of hydrogen-bond donors (Lipinski definition) is 2. The van der Waals surface area contributed by atoms with E-state index in [-0.39, 0.29) is 12.5 Å². The molecule has 4 heteroatoms. The Labute approximate surface area is 127 Å². The van der Waals surface area contributed by atoms with E-state index in [4.69, 9.17) is 0 Å². The number of aryl methyl sites for hydroxylation is 2. The third kappa shape index (κ3) is 4.10. The molecule has 104 valence electrons. The van der Waals surface area contributed by atoms with Crippen LogP contribution in [0.2, 0.25) is 0 Å². The first-order valence-electron chi connectivity index (χ1n) is 6.41. The van der Waals surface area contributed by atoms with Crippen molar-refractivity contribution in [2.24, 2.45) is 0 Å². The Kier molecular flexibility index (Phi) is 4.79. The molecule has 3 nitrogen and oxygen atoms in total. The third-order valence-electron chi connectivity index (χ3n) is 2.91. The van der Waals surface area contributed by atoms with E-state index in [9.17, 15) is 4.79 Å². The maximum absolute atomic E-state index is 11.9. The number of carbonyl (C=O) groups excluding carboxylic acids is 1. The van der Waals surface area contributed by atoms with E-state index in [1.54, 1.807) is 0 Å². The number of hydrogen-bond acceptors (Lipinski definition) is 2. The maximum Gasteiger partial charge on any atom is 0.243 e. The number of rotatable bonds is 4. The molecule has 0 aliphatic rings. The molecule has 0 saturated carbocycles. The molecule has 0 aromatic heterocycles. The van der Waals surface area contributed by atoms with Crippen molar-refractivity contribution in [3.8, 4) is 0 Å². The van der Waals surface area contributed by atoms with Gasteiger partial charge in [-0.25, -0.2) is 0 Å². The highest BCUT2D eigenvalue weighted by molar-refractivity contribution is 9.10. The lowest BCUT2D eigenvalue weighted by Crippen LogP contribution is -2.22. The van der Waals surface area contributed by atoms with Crippen LogP contribution in [0.1, 0.15) is 11.1 Å². The van der Waals surface area contributed by atoms with Gasteiger partial charge in [-0.1, -0.05) is 34.1 Å². The van der Waals surface area contributed by atoms with Gasteiger partial charge in [0.05, 0.1) is 6.54 Å². The number of nitrogens with one attached hydrogen (secondary N) is 2. The van der Waals surface area contributed by atoms with Gasteiger partial charge in [0.15, 0.2) is 0 Å². The van der Waals surface area contributed by atoms with Gasteiger partial charge in [-0.2, -0.15) is 0 Å². The normalized spacial score (nSPS) is 10.2. The van der Waals surface area contributed by atoms with Crippen molar-refractivity contribution in [2.45, 2.75) is 13.8 Å². The lowest BCUT2D eigenvalue weighted by atomic mass is 10.2. The van der Waals surface area contributed by atoms with Gasteiger partial charge in [0, 0.05) is 15.8 Å². The Morgan fingerprint density at radius 1 is 1.15 bits per heavy atom. The van der Waals surface area contributed by atoms with Crippen LogP contribution >= 0.6 is 15.9 Å². The zero-order chi connectivity index (χ0) is 14.5. The highest BCUT2D eigenvalue weighted by Gasteiger charge is 2.04. The molecule has 0 spiro atoms. The topological polar surface area (TPSA) is 41.1 Å². The number of carbonyl (C=O) groups is 1. The zero-order valence-electron chi connectivity index (χ0n) is 11.5. The van der Waals surface area contributed by atoms with E-state index >= 15 is 0 Å². The van der Waals surface area contributed by atoms with Crippen molar-refractivity contribution >= 4 is 33.2 Å². The average molecular weight is 333 g/mol. The molecule has 0 atom stereocenters. The fraction of sp³-hybridized carbons (Fsp3) is 0.188. The quantitative estimate of drug-likeness (QED) is 0.884. The molecule has 2 aromatic carbocycles. The van der Waals surface area contributed by atoms with Gasteiger partial charge in [-0.05, 0) is 49.2 Å². The SMILES string of the molecule is Cc1cc(Br)cc(NCC(=O)Nc2ccccc2C)c1. The van der Waals surface area contributed by atoms with E-state index in [0.717, 1.165) is 27.0 Å². The van der Waals surface area contributed by atoms with Gasteiger partial charge >= 0.3 is 0 Å². The van der Waals surface area contributed by atoms with E-state index in [1.807, 2.05) is 56.3 Å². The Hall–Kier alpha value is -1.81. The molecule has 0 saturated heterocycles. The van der Waals surface area contributed by atoms with E-state index in [1.165, 1.54) is 0 Å². The van der Waals surface area contributed by atoms with Crippen LogP contribution in [0, 0.1) is 13.8 Å². The first-order chi connectivity index (χ1) is 9.54. The van der Waals surface area contributed by atoms with Crippen molar-refractivity contribution in [3.63, 3.8) is 0 Å². The Morgan fingerprint density at radius 2 is 1.90 bits per heavy atom. The molecular weight excluding hydrogens is 316 g/mol. The summed E-state index contributed by atoms with van der Waals surface area (Å²) in [6.45, 7) is 4.23. The summed E-state index contributed by atoms with van der Waals surface area (Å²) in [5.74, 6) is -0.0584. The lowest BCUT2D eigenvalue weighted by molar-refractivity contribution is -0.114. The highest BCUT2D eigenvalue weighted by Crippen LogP contribution is 2.19. The van der Waals surface area contributed by atoms with Crippen molar-refractivity contribution in [1.82, 2.24) is 0 Å². The molecule has 1 amide bonds. The fourth-order valence-electron chi connectivity index (χ4n) is 1.93. The minimum atomic E-state index is -0.0584. The molecule has 0 aliphatic carbocycles. The van der Waals surface area contributed by atoms with Crippen molar-refractivity contribution < 1.29 is 4.79 Å². The van der Waals surface area contributed by atoms with Crippen LogP contribution in [-0.4, -0.2) is 12.5 Å². The Morgan fingerprint density at radius 3 is 2.60 bits per heavy atom. The highest BCUT2D eigenvalue weighted by atomic mass is 79.9. The van der Waals surface area contributed by atoms with Crippen LogP contribution in [0.25, 0.3) is 0 Å². The molecule has 20 heavy (non-hydrogen) atoms. The van der Waals surface area contributed by atoms with Crippen LogP contribution in [0.4, 0.5) is 11.4 Å². The predicted octanol–water partition coefficient (Wildman–Crippen LogP) is 4.12. The number of benzene rings is 2. The number of amides is 1. The van der Waals surface area contributed by atoms with Crippen LogP contribution in [-0.2, 0) is 4.79 Å². The molecule has 2 aromatic rings. The van der Waals surface area contributed by atoms with Crippen LogP contribution in [0.15, 0.2) is 46.9 Å². The number of halogens is 1. The van der Waals surface area contributed by atoms with Crippen molar-refractivity contribution in [3.05, 3.63) is 58.1 Å². The van der Waals surface area contributed by atoms with Gasteiger partial charge < -0.3 is 10.6 Å². The minimum absolute atomic E-state index is 0.0584. The molecule has 0 radical (unpaired) electrons. The van der Waals surface area contributed by atoms with Gasteiger partial charge in [0.2, 0.25) is 5.91 Å². The first-order valence-corrected chi connectivity index (χ1v) is 7.20. The molecule has 0 fully saturated rings. The van der Waals surface area contributed by atoms with E-state index in [2.05, 4.69) is 26.6 Å². The molecule has 0 heterocycles.